The first-order valence-corrected chi connectivity index (χ1v) is 8.16. The van der Waals surface area contributed by atoms with Gasteiger partial charge in [0.1, 0.15) is 0 Å². The van der Waals surface area contributed by atoms with Crippen LogP contribution in [0.2, 0.25) is 0 Å². The predicted molar refractivity (Wildman–Crippen MR) is 68.5 cm³/mol. The van der Waals surface area contributed by atoms with Crippen LogP contribution < -0.4 is 0 Å². The van der Waals surface area contributed by atoms with Gasteiger partial charge in [-0.25, -0.2) is 0 Å². The molecular formula is C9H14O4S3. The number of carbonyl (C=O) groups is 1. The SMILES string of the molecule is C=C(C)C(=O)C(C1CSC(C)S1)S(=O)(=O)O. The first kappa shape index (κ1) is 14.1. The van der Waals surface area contributed by atoms with E-state index in [9.17, 15) is 13.2 Å². The van der Waals surface area contributed by atoms with Crippen molar-refractivity contribution in [2.24, 2.45) is 0 Å². The lowest BCUT2D eigenvalue weighted by atomic mass is 10.1. The van der Waals surface area contributed by atoms with Gasteiger partial charge in [-0.1, -0.05) is 6.58 Å². The van der Waals surface area contributed by atoms with Gasteiger partial charge in [0.05, 0.1) is 0 Å². The summed E-state index contributed by atoms with van der Waals surface area (Å²) in [6, 6.07) is 0. The lowest BCUT2D eigenvalue weighted by Crippen LogP contribution is -2.39. The summed E-state index contributed by atoms with van der Waals surface area (Å²) in [5, 5.41) is -1.76. The predicted octanol–water partition coefficient (Wildman–Crippen LogP) is 1.58. The third-order valence-corrected chi connectivity index (χ3v) is 6.70. The van der Waals surface area contributed by atoms with Gasteiger partial charge in [0.25, 0.3) is 10.1 Å². The molecule has 0 spiro atoms. The Morgan fingerprint density at radius 2 is 2.12 bits per heavy atom. The van der Waals surface area contributed by atoms with Crippen molar-refractivity contribution in [3.05, 3.63) is 12.2 Å². The Labute approximate surface area is 104 Å². The van der Waals surface area contributed by atoms with Crippen molar-refractivity contribution < 1.29 is 17.8 Å². The summed E-state index contributed by atoms with van der Waals surface area (Å²) in [4.78, 5) is 11.7. The van der Waals surface area contributed by atoms with Gasteiger partial charge >= 0.3 is 0 Å². The van der Waals surface area contributed by atoms with E-state index in [1.807, 2.05) is 6.92 Å². The zero-order valence-electron chi connectivity index (χ0n) is 9.04. The third-order valence-electron chi connectivity index (χ3n) is 2.20. The second kappa shape index (κ2) is 5.12. The van der Waals surface area contributed by atoms with Crippen molar-refractivity contribution in [1.82, 2.24) is 0 Å². The highest BCUT2D eigenvalue weighted by Crippen LogP contribution is 2.40. The average molecular weight is 282 g/mol. The van der Waals surface area contributed by atoms with Crippen molar-refractivity contribution in [3.63, 3.8) is 0 Å². The standard InChI is InChI=1S/C9H14O4S3/c1-5(2)8(10)9(16(11,12)13)7-4-14-6(3)15-7/h6-7,9H,1,4H2,2-3H3,(H,11,12,13). The van der Waals surface area contributed by atoms with Crippen LogP contribution in [-0.4, -0.2) is 39.6 Å². The van der Waals surface area contributed by atoms with E-state index >= 15 is 0 Å². The van der Waals surface area contributed by atoms with Crippen molar-refractivity contribution in [2.75, 3.05) is 5.75 Å². The second-order valence-electron chi connectivity index (χ2n) is 3.66. The molecule has 0 aromatic rings. The molecule has 92 valence electrons. The van der Waals surface area contributed by atoms with Crippen LogP contribution in [0.25, 0.3) is 0 Å². The zero-order chi connectivity index (χ0) is 12.5. The molecule has 3 atom stereocenters. The summed E-state index contributed by atoms with van der Waals surface area (Å²) in [5.74, 6) is -0.0373. The van der Waals surface area contributed by atoms with Gasteiger partial charge in [-0.2, -0.15) is 8.42 Å². The highest BCUT2D eigenvalue weighted by molar-refractivity contribution is 8.20. The molecule has 0 amide bonds. The molecule has 0 saturated carbocycles. The first-order chi connectivity index (χ1) is 7.23. The number of allylic oxidation sites excluding steroid dienone is 1. The maximum Gasteiger partial charge on any atom is 0.276 e. The fourth-order valence-electron chi connectivity index (χ4n) is 1.45. The quantitative estimate of drug-likeness (QED) is 0.623. The molecule has 0 aromatic heterocycles. The molecule has 1 aliphatic rings. The summed E-state index contributed by atoms with van der Waals surface area (Å²) in [6.45, 7) is 6.84. The Morgan fingerprint density at radius 1 is 1.56 bits per heavy atom. The molecule has 0 bridgehead atoms. The van der Waals surface area contributed by atoms with Gasteiger partial charge in [0.2, 0.25) is 0 Å². The van der Waals surface area contributed by atoms with Crippen LogP contribution in [0, 0.1) is 0 Å². The van der Waals surface area contributed by atoms with E-state index in [0.717, 1.165) is 0 Å². The fourth-order valence-corrected chi connectivity index (χ4v) is 6.08. The number of ketones is 1. The normalized spacial score (nSPS) is 27.7. The Kier molecular flexibility index (Phi) is 4.50. The van der Waals surface area contributed by atoms with Crippen molar-refractivity contribution in [2.45, 2.75) is 28.9 Å². The minimum Gasteiger partial charge on any atom is -0.293 e. The summed E-state index contributed by atoms with van der Waals surface area (Å²) in [6.07, 6.45) is 0. The Morgan fingerprint density at radius 3 is 2.44 bits per heavy atom. The van der Waals surface area contributed by atoms with Gasteiger partial charge in [-0.3, -0.25) is 9.35 Å². The second-order valence-corrected chi connectivity index (χ2v) is 8.45. The topological polar surface area (TPSA) is 71.4 Å². The Hall–Kier alpha value is 0.0200. The number of Topliss-reactive ketones (excluding diaryl/α,β-unsaturated/α-hetero) is 1. The van der Waals surface area contributed by atoms with E-state index in [2.05, 4.69) is 6.58 Å². The number of thioether (sulfide) groups is 2. The van der Waals surface area contributed by atoms with E-state index in [1.165, 1.54) is 18.7 Å². The van der Waals surface area contributed by atoms with Gasteiger partial charge in [0.15, 0.2) is 11.0 Å². The molecule has 0 aromatic carbocycles. The lowest BCUT2D eigenvalue weighted by Gasteiger charge is -2.18. The van der Waals surface area contributed by atoms with E-state index in [4.69, 9.17) is 4.55 Å². The summed E-state index contributed by atoms with van der Waals surface area (Å²) < 4.78 is 31.9. The van der Waals surface area contributed by atoms with Gasteiger partial charge < -0.3 is 0 Å². The summed E-state index contributed by atoms with van der Waals surface area (Å²) in [7, 11) is -4.36. The average Bonchev–Trinajstić information content (AvgIpc) is 2.49. The molecule has 0 radical (unpaired) electrons. The summed E-state index contributed by atoms with van der Waals surface area (Å²) >= 11 is 2.99. The molecule has 1 rings (SSSR count). The van der Waals surface area contributed by atoms with Gasteiger partial charge in [0, 0.05) is 15.6 Å². The van der Waals surface area contributed by atoms with Crippen molar-refractivity contribution in [1.29, 1.82) is 0 Å². The van der Waals surface area contributed by atoms with Crippen LogP contribution in [-0.2, 0) is 14.9 Å². The molecule has 7 heteroatoms. The molecule has 0 aliphatic carbocycles. The van der Waals surface area contributed by atoms with E-state index in [0.29, 0.717) is 5.75 Å². The molecule has 16 heavy (non-hydrogen) atoms. The van der Waals surface area contributed by atoms with Gasteiger partial charge in [-0.15, -0.1) is 23.5 Å². The monoisotopic (exact) mass is 282 g/mol. The molecule has 1 saturated heterocycles. The van der Waals surface area contributed by atoms with Crippen LogP contribution >= 0.6 is 23.5 Å². The third kappa shape index (κ3) is 3.26. The molecule has 1 aliphatic heterocycles. The number of hydrogen-bond acceptors (Lipinski definition) is 5. The van der Waals surface area contributed by atoms with Crippen LogP contribution in [0.5, 0.6) is 0 Å². The number of hydrogen-bond donors (Lipinski definition) is 1. The number of carbonyl (C=O) groups excluding carboxylic acids is 1. The minimum atomic E-state index is -4.36. The van der Waals surface area contributed by atoms with Crippen LogP contribution in [0.3, 0.4) is 0 Å². The Balaban J connectivity index is 2.98. The smallest absolute Gasteiger partial charge is 0.276 e. The molecule has 1 heterocycles. The van der Waals surface area contributed by atoms with Crippen molar-refractivity contribution >= 4 is 39.4 Å². The minimum absolute atomic E-state index is 0.160. The fraction of sp³-hybridized carbons (Fsp3) is 0.667. The summed E-state index contributed by atoms with van der Waals surface area (Å²) in [5.41, 5.74) is 0.160. The molecule has 4 nitrogen and oxygen atoms in total. The van der Waals surface area contributed by atoms with Crippen LogP contribution in [0.4, 0.5) is 0 Å². The Bertz CT molecular complexity index is 401. The number of rotatable bonds is 4. The highest BCUT2D eigenvalue weighted by atomic mass is 32.2. The lowest BCUT2D eigenvalue weighted by molar-refractivity contribution is -0.115. The van der Waals surface area contributed by atoms with Crippen molar-refractivity contribution in [3.8, 4) is 0 Å². The van der Waals surface area contributed by atoms with Crippen LogP contribution in [0.15, 0.2) is 12.2 Å². The molecule has 3 unspecified atom stereocenters. The molecular weight excluding hydrogens is 268 g/mol. The van der Waals surface area contributed by atoms with Gasteiger partial charge in [-0.05, 0) is 19.4 Å². The van der Waals surface area contributed by atoms with E-state index < -0.39 is 21.2 Å². The maximum atomic E-state index is 11.7. The largest absolute Gasteiger partial charge is 0.293 e. The molecule has 1 N–H and O–H groups in total. The molecule has 1 fully saturated rings. The van der Waals surface area contributed by atoms with Crippen LogP contribution in [0.1, 0.15) is 13.8 Å². The zero-order valence-corrected chi connectivity index (χ0v) is 11.5. The highest BCUT2D eigenvalue weighted by Gasteiger charge is 2.42. The van der Waals surface area contributed by atoms with E-state index in [1.54, 1.807) is 11.8 Å². The van der Waals surface area contributed by atoms with E-state index in [-0.39, 0.29) is 15.4 Å². The maximum absolute atomic E-state index is 11.7. The first-order valence-electron chi connectivity index (χ1n) is 4.66.